The Balaban J connectivity index is 1.76. The van der Waals surface area contributed by atoms with Crippen LogP contribution in [0.15, 0.2) is 48.5 Å². The summed E-state index contributed by atoms with van der Waals surface area (Å²) in [5.41, 5.74) is 2.07. The molecule has 1 saturated heterocycles. The Morgan fingerprint density at radius 3 is 2.52 bits per heavy atom. The highest BCUT2D eigenvalue weighted by molar-refractivity contribution is 6.30. The van der Waals surface area contributed by atoms with Gasteiger partial charge in [0.2, 0.25) is 0 Å². The first-order valence-corrected chi connectivity index (χ1v) is 10.3. The first kappa shape index (κ1) is 21.7. The molecule has 0 spiro atoms. The molecule has 6 heteroatoms. The third kappa shape index (κ3) is 5.73. The van der Waals surface area contributed by atoms with E-state index in [1.165, 1.54) is 0 Å². The first-order chi connectivity index (χ1) is 14.1. The fraction of sp³-hybridized carbons (Fsp3) is 0.391. The highest BCUT2D eigenvalue weighted by atomic mass is 35.5. The van der Waals surface area contributed by atoms with Gasteiger partial charge in [-0.1, -0.05) is 42.0 Å². The molecule has 2 unspecified atom stereocenters. The maximum absolute atomic E-state index is 11.1. The van der Waals surface area contributed by atoms with Crippen molar-refractivity contribution in [2.24, 2.45) is 0 Å². The van der Waals surface area contributed by atoms with Crippen LogP contribution in [0.4, 0.5) is 0 Å². The standard InChI is InChI=1S/C23H29ClN2O3/c1-3-4-17-5-10-21(22(15-17)28-2)29-16-20(27)23(26-13-11-25-12-14-26)18-6-8-19(24)9-7-18/h3-10,15,20,23,25,27H,11-14,16H2,1-2H3. The number of benzene rings is 2. The summed E-state index contributed by atoms with van der Waals surface area (Å²) in [6, 6.07) is 13.3. The molecule has 2 atom stereocenters. The van der Waals surface area contributed by atoms with Crippen LogP contribution < -0.4 is 14.8 Å². The molecule has 1 aliphatic heterocycles. The fourth-order valence-electron chi connectivity index (χ4n) is 3.66. The van der Waals surface area contributed by atoms with Gasteiger partial charge in [0.05, 0.1) is 13.2 Å². The van der Waals surface area contributed by atoms with Gasteiger partial charge in [0.25, 0.3) is 0 Å². The molecule has 1 aliphatic rings. The number of hydrogen-bond acceptors (Lipinski definition) is 5. The third-order valence-corrected chi connectivity index (χ3v) is 5.33. The van der Waals surface area contributed by atoms with Crippen molar-refractivity contribution < 1.29 is 14.6 Å². The second-order valence-electron chi connectivity index (χ2n) is 7.07. The van der Waals surface area contributed by atoms with Gasteiger partial charge in [0.1, 0.15) is 12.7 Å². The number of hydrogen-bond donors (Lipinski definition) is 2. The summed E-state index contributed by atoms with van der Waals surface area (Å²) in [5, 5.41) is 15.1. The average molecular weight is 417 g/mol. The van der Waals surface area contributed by atoms with E-state index in [9.17, 15) is 5.11 Å². The summed E-state index contributed by atoms with van der Waals surface area (Å²) in [5.74, 6) is 1.27. The predicted octanol–water partition coefficient (Wildman–Crippen LogP) is 3.77. The minimum Gasteiger partial charge on any atom is -0.493 e. The minimum absolute atomic E-state index is 0.163. The van der Waals surface area contributed by atoms with Crippen LogP contribution in [0.2, 0.25) is 5.02 Å². The second kappa shape index (κ2) is 10.6. The maximum atomic E-state index is 11.1. The lowest BCUT2D eigenvalue weighted by molar-refractivity contribution is 0.0112. The van der Waals surface area contributed by atoms with Crippen LogP contribution >= 0.6 is 11.6 Å². The molecule has 5 nitrogen and oxygen atoms in total. The van der Waals surface area contributed by atoms with E-state index in [0.717, 1.165) is 37.3 Å². The number of nitrogens with zero attached hydrogens (tertiary/aromatic N) is 1. The van der Waals surface area contributed by atoms with Gasteiger partial charge in [-0.15, -0.1) is 0 Å². The first-order valence-electron chi connectivity index (χ1n) is 9.94. The summed E-state index contributed by atoms with van der Waals surface area (Å²) < 4.78 is 11.4. The van der Waals surface area contributed by atoms with Crippen LogP contribution in [0.1, 0.15) is 24.1 Å². The van der Waals surface area contributed by atoms with Gasteiger partial charge in [0.15, 0.2) is 11.5 Å². The van der Waals surface area contributed by atoms with Crippen molar-refractivity contribution in [1.29, 1.82) is 0 Å². The molecule has 1 heterocycles. The molecule has 0 aliphatic carbocycles. The van der Waals surface area contributed by atoms with Crippen LogP contribution in [-0.4, -0.2) is 56.0 Å². The molecule has 0 amide bonds. The quantitative estimate of drug-likeness (QED) is 0.686. The number of ether oxygens (including phenoxy) is 2. The zero-order valence-electron chi connectivity index (χ0n) is 17.0. The molecule has 29 heavy (non-hydrogen) atoms. The average Bonchev–Trinajstić information content (AvgIpc) is 2.75. The van der Waals surface area contributed by atoms with Gasteiger partial charge in [-0.25, -0.2) is 0 Å². The Kier molecular flexibility index (Phi) is 7.95. The van der Waals surface area contributed by atoms with Gasteiger partial charge in [-0.05, 0) is 42.3 Å². The Hall–Kier alpha value is -2.05. The maximum Gasteiger partial charge on any atom is 0.161 e. The van der Waals surface area contributed by atoms with E-state index in [2.05, 4.69) is 10.2 Å². The topological polar surface area (TPSA) is 54.0 Å². The minimum atomic E-state index is -0.700. The Morgan fingerprint density at radius 1 is 1.14 bits per heavy atom. The van der Waals surface area contributed by atoms with Crippen LogP contribution in [0.3, 0.4) is 0 Å². The molecule has 156 valence electrons. The Labute approximate surface area is 177 Å². The lowest BCUT2D eigenvalue weighted by Crippen LogP contribution is -2.49. The van der Waals surface area contributed by atoms with Gasteiger partial charge < -0.3 is 19.9 Å². The van der Waals surface area contributed by atoms with Crippen molar-refractivity contribution in [2.45, 2.75) is 19.1 Å². The smallest absolute Gasteiger partial charge is 0.161 e. The number of methoxy groups -OCH3 is 1. The summed E-state index contributed by atoms with van der Waals surface area (Å²) in [7, 11) is 1.62. The van der Waals surface area contributed by atoms with Crippen molar-refractivity contribution in [3.63, 3.8) is 0 Å². The van der Waals surface area contributed by atoms with Gasteiger partial charge in [-0.3, -0.25) is 4.90 Å². The molecular formula is C23H29ClN2O3. The fourth-order valence-corrected chi connectivity index (χ4v) is 3.79. The van der Waals surface area contributed by atoms with Crippen LogP contribution in [0.25, 0.3) is 6.08 Å². The van der Waals surface area contributed by atoms with Crippen molar-refractivity contribution in [3.05, 3.63) is 64.7 Å². The van der Waals surface area contributed by atoms with Crippen molar-refractivity contribution >= 4 is 17.7 Å². The van der Waals surface area contributed by atoms with E-state index in [-0.39, 0.29) is 12.6 Å². The molecule has 0 aromatic heterocycles. The number of aliphatic hydroxyl groups is 1. The van der Waals surface area contributed by atoms with Crippen LogP contribution in [-0.2, 0) is 0 Å². The monoisotopic (exact) mass is 416 g/mol. The molecule has 2 N–H and O–H groups in total. The van der Waals surface area contributed by atoms with E-state index >= 15 is 0 Å². The molecule has 0 radical (unpaired) electrons. The molecular weight excluding hydrogens is 388 g/mol. The molecule has 1 fully saturated rings. The number of allylic oxidation sites excluding steroid dienone is 1. The molecule has 2 aromatic rings. The number of rotatable bonds is 8. The number of halogens is 1. The molecule has 3 rings (SSSR count). The predicted molar refractivity (Wildman–Crippen MR) is 118 cm³/mol. The summed E-state index contributed by atoms with van der Waals surface area (Å²) in [6.45, 7) is 5.67. The normalized spacial score (nSPS) is 17.2. The van der Waals surface area contributed by atoms with E-state index in [1.54, 1.807) is 7.11 Å². The lowest BCUT2D eigenvalue weighted by Gasteiger charge is -2.37. The van der Waals surface area contributed by atoms with Crippen molar-refractivity contribution in [1.82, 2.24) is 10.2 Å². The number of aliphatic hydroxyl groups excluding tert-OH is 1. The zero-order valence-corrected chi connectivity index (χ0v) is 17.7. The number of nitrogens with one attached hydrogen (secondary N) is 1. The SMILES string of the molecule is CC=Cc1ccc(OCC(O)C(c2ccc(Cl)cc2)N2CCNCC2)c(OC)c1. The van der Waals surface area contributed by atoms with Crippen molar-refractivity contribution in [2.75, 3.05) is 39.9 Å². The summed E-state index contributed by atoms with van der Waals surface area (Å²) >= 11 is 6.06. The van der Waals surface area contributed by atoms with Gasteiger partial charge in [0, 0.05) is 31.2 Å². The van der Waals surface area contributed by atoms with E-state index in [1.807, 2.05) is 61.5 Å². The van der Waals surface area contributed by atoms with Gasteiger partial charge >= 0.3 is 0 Å². The van der Waals surface area contributed by atoms with E-state index in [0.29, 0.717) is 16.5 Å². The highest BCUT2D eigenvalue weighted by Crippen LogP contribution is 2.31. The molecule has 2 aromatic carbocycles. The summed E-state index contributed by atoms with van der Waals surface area (Å²) in [4.78, 5) is 2.29. The lowest BCUT2D eigenvalue weighted by atomic mass is 9.99. The van der Waals surface area contributed by atoms with E-state index in [4.69, 9.17) is 21.1 Å². The zero-order chi connectivity index (χ0) is 20.6. The second-order valence-corrected chi connectivity index (χ2v) is 7.51. The Morgan fingerprint density at radius 2 is 1.86 bits per heavy atom. The van der Waals surface area contributed by atoms with E-state index < -0.39 is 6.10 Å². The van der Waals surface area contributed by atoms with Crippen LogP contribution in [0, 0.1) is 0 Å². The van der Waals surface area contributed by atoms with Crippen LogP contribution in [0.5, 0.6) is 11.5 Å². The molecule has 0 saturated carbocycles. The van der Waals surface area contributed by atoms with Crippen molar-refractivity contribution in [3.8, 4) is 11.5 Å². The third-order valence-electron chi connectivity index (χ3n) is 5.08. The molecule has 0 bridgehead atoms. The largest absolute Gasteiger partial charge is 0.493 e. The number of piperazine rings is 1. The summed E-state index contributed by atoms with van der Waals surface area (Å²) in [6.07, 6.45) is 3.28. The highest BCUT2D eigenvalue weighted by Gasteiger charge is 2.29. The Bertz CT molecular complexity index is 804. The van der Waals surface area contributed by atoms with Gasteiger partial charge in [-0.2, -0.15) is 0 Å².